The summed E-state index contributed by atoms with van der Waals surface area (Å²) in [5.74, 6) is 0.559. The van der Waals surface area contributed by atoms with E-state index in [0.717, 1.165) is 5.56 Å². The third-order valence-corrected chi connectivity index (χ3v) is 2.50. The second-order valence-electron chi connectivity index (χ2n) is 4.03. The summed E-state index contributed by atoms with van der Waals surface area (Å²) in [6.07, 6.45) is 3.27. The van der Waals surface area contributed by atoms with E-state index in [9.17, 15) is 4.79 Å². The van der Waals surface area contributed by atoms with E-state index in [1.807, 2.05) is 6.07 Å². The van der Waals surface area contributed by atoms with Crippen LogP contribution >= 0.6 is 0 Å². The lowest BCUT2D eigenvalue weighted by Crippen LogP contribution is -2.09. The zero-order chi connectivity index (χ0) is 14.2. The SMILES string of the molecule is COCCOc1ccc(CNc2cn[nH]c(=O)c2)cn1. The van der Waals surface area contributed by atoms with Gasteiger partial charge in [0.15, 0.2) is 0 Å². The molecule has 0 aliphatic heterocycles. The fourth-order valence-corrected chi connectivity index (χ4v) is 1.51. The lowest BCUT2D eigenvalue weighted by Gasteiger charge is -2.07. The Morgan fingerprint density at radius 3 is 2.90 bits per heavy atom. The highest BCUT2D eigenvalue weighted by atomic mass is 16.5. The van der Waals surface area contributed by atoms with Crippen LogP contribution in [0.4, 0.5) is 5.69 Å². The van der Waals surface area contributed by atoms with Crippen LogP contribution in [0, 0.1) is 0 Å². The van der Waals surface area contributed by atoms with Crippen LogP contribution in [0.2, 0.25) is 0 Å². The van der Waals surface area contributed by atoms with Gasteiger partial charge in [-0.15, -0.1) is 0 Å². The van der Waals surface area contributed by atoms with Crippen molar-refractivity contribution in [2.24, 2.45) is 0 Å². The molecule has 0 amide bonds. The molecule has 0 fully saturated rings. The first-order valence-corrected chi connectivity index (χ1v) is 6.13. The van der Waals surface area contributed by atoms with Crippen LogP contribution in [-0.2, 0) is 11.3 Å². The van der Waals surface area contributed by atoms with Crippen LogP contribution < -0.4 is 15.6 Å². The number of rotatable bonds is 7. The molecule has 2 N–H and O–H groups in total. The van der Waals surface area contributed by atoms with Crippen LogP contribution in [0.15, 0.2) is 35.4 Å². The molecule has 0 atom stereocenters. The Hall–Kier alpha value is -2.41. The highest BCUT2D eigenvalue weighted by Gasteiger charge is 1.98. The van der Waals surface area contributed by atoms with Gasteiger partial charge in [-0.05, 0) is 5.56 Å². The molecule has 2 aromatic heterocycles. The molecule has 0 spiro atoms. The standard InChI is InChI=1S/C13H16N4O3/c1-19-4-5-20-13-3-2-10(8-15-13)7-14-11-6-12(18)17-16-9-11/h2-3,6,8-9H,4-5,7H2,1H3,(H2,14,17,18). The Morgan fingerprint density at radius 2 is 2.20 bits per heavy atom. The van der Waals surface area contributed by atoms with Gasteiger partial charge in [-0.2, -0.15) is 5.10 Å². The largest absolute Gasteiger partial charge is 0.475 e. The minimum absolute atomic E-state index is 0.241. The monoisotopic (exact) mass is 276 g/mol. The quantitative estimate of drug-likeness (QED) is 0.727. The number of pyridine rings is 1. The third-order valence-electron chi connectivity index (χ3n) is 2.50. The van der Waals surface area contributed by atoms with Crippen molar-refractivity contribution in [2.75, 3.05) is 25.6 Å². The van der Waals surface area contributed by atoms with Gasteiger partial charge in [0, 0.05) is 32.0 Å². The fraction of sp³-hybridized carbons (Fsp3) is 0.308. The van der Waals surface area contributed by atoms with E-state index in [-0.39, 0.29) is 5.56 Å². The highest BCUT2D eigenvalue weighted by Crippen LogP contribution is 2.09. The van der Waals surface area contributed by atoms with Crippen LogP contribution in [0.3, 0.4) is 0 Å². The zero-order valence-corrected chi connectivity index (χ0v) is 11.1. The Kier molecular flexibility index (Phi) is 5.08. The normalized spacial score (nSPS) is 10.2. The maximum Gasteiger partial charge on any atom is 0.266 e. The summed E-state index contributed by atoms with van der Waals surface area (Å²) >= 11 is 0. The Morgan fingerprint density at radius 1 is 1.30 bits per heavy atom. The molecule has 0 aliphatic carbocycles. The number of hydrogen-bond donors (Lipinski definition) is 2. The number of methoxy groups -OCH3 is 1. The molecule has 20 heavy (non-hydrogen) atoms. The minimum atomic E-state index is -0.241. The van der Waals surface area contributed by atoms with Crippen LogP contribution in [0.1, 0.15) is 5.56 Å². The topological polar surface area (TPSA) is 89.1 Å². The second kappa shape index (κ2) is 7.25. The van der Waals surface area contributed by atoms with E-state index in [0.29, 0.717) is 31.3 Å². The lowest BCUT2D eigenvalue weighted by atomic mass is 10.3. The number of H-pyrrole nitrogens is 1. The molecular weight excluding hydrogens is 260 g/mol. The Balaban J connectivity index is 1.86. The van der Waals surface area contributed by atoms with Crippen molar-refractivity contribution in [2.45, 2.75) is 6.54 Å². The Labute approximate surface area is 116 Å². The van der Waals surface area contributed by atoms with Gasteiger partial charge in [0.05, 0.1) is 18.5 Å². The van der Waals surface area contributed by atoms with Crippen LogP contribution in [-0.4, -0.2) is 35.5 Å². The van der Waals surface area contributed by atoms with E-state index in [4.69, 9.17) is 9.47 Å². The van der Waals surface area contributed by atoms with Crippen molar-refractivity contribution < 1.29 is 9.47 Å². The zero-order valence-electron chi connectivity index (χ0n) is 11.1. The Bertz CT molecular complexity index is 583. The lowest BCUT2D eigenvalue weighted by molar-refractivity contribution is 0.143. The van der Waals surface area contributed by atoms with E-state index >= 15 is 0 Å². The summed E-state index contributed by atoms with van der Waals surface area (Å²) in [6, 6.07) is 5.15. The molecule has 0 aliphatic rings. The van der Waals surface area contributed by atoms with E-state index in [1.165, 1.54) is 6.07 Å². The van der Waals surface area contributed by atoms with Gasteiger partial charge in [-0.25, -0.2) is 10.1 Å². The summed E-state index contributed by atoms with van der Waals surface area (Å²) in [7, 11) is 1.62. The molecule has 0 unspecified atom stereocenters. The minimum Gasteiger partial charge on any atom is -0.475 e. The number of ether oxygens (including phenoxy) is 2. The predicted octanol–water partition coefficient (Wildman–Crippen LogP) is 0.802. The summed E-state index contributed by atoms with van der Waals surface area (Å²) in [5.41, 5.74) is 1.40. The number of aromatic amines is 1. The first-order chi connectivity index (χ1) is 9.78. The highest BCUT2D eigenvalue weighted by molar-refractivity contribution is 5.39. The molecule has 2 rings (SSSR count). The average Bonchev–Trinajstić information content (AvgIpc) is 2.47. The molecule has 0 bridgehead atoms. The number of anilines is 1. The van der Waals surface area contributed by atoms with Crippen molar-refractivity contribution in [3.63, 3.8) is 0 Å². The molecule has 2 heterocycles. The predicted molar refractivity (Wildman–Crippen MR) is 73.8 cm³/mol. The average molecular weight is 276 g/mol. The smallest absolute Gasteiger partial charge is 0.266 e. The van der Waals surface area contributed by atoms with E-state index in [1.54, 1.807) is 25.6 Å². The summed E-state index contributed by atoms with van der Waals surface area (Å²) in [4.78, 5) is 15.3. The van der Waals surface area contributed by atoms with Crippen molar-refractivity contribution >= 4 is 5.69 Å². The molecule has 0 aromatic carbocycles. The second-order valence-corrected chi connectivity index (χ2v) is 4.03. The van der Waals surface area contributed by atoms with Crippen molar-refractivity contribution in [1.82, 2.24) is 15.2 Å². The van der Waals surface area contributed by atoms with Crippen molar-refractivity contribution in [3.8, 4) is 5.88 Å². The molecule has 7 nitrogen and oxygen atoms in total. The molecule has 0 radical (unpaired) electrons. The summed E-state index contributed by atoms with van der Waals surface area (Å²) < 4.78 is 10.3. The van der Waals surface area contributed by atoms with E-state index in [2.05, 4.69) is 20.5 Å². The molecule has 0 saturated carbocycles. The summed E-state index contributed by atoms with van der Waals surface area (Å²) in [5, 5.41) is 9.11. The van der Waals surface area contributed by atoms with Crippen LogP contribution in [0.5, 0.6) is 5.88 Å². The number of hydrogen-bond acceptors (Lipinski definition) is 6. The molecule has 106 valence electrons. The van der Waals surface area contributed by atoms with Gasteiger partial charge in [0.25, 0.3) is 5.56 Å². The molecule has 7 heteroatoms. The van der Waals surface area contributed by atoms with Crippen LogP contribution in [0.25, 0.3) is 0 Å². The maximum absolute atomic E-state index is 11.1. The molecule has 0 saturated heterocycles. The van der Waals surface area contributed by atoms with Gasteiger partial charge in [0.1, 0.15) is 6.61 Å². The molecular formula is C13H16N4O3. The molecule has 2 aromatic rings. The van der Waals surface area contributed by atoms with Gasteiger partial charge in [-0.3, -0.25) is 4.79 Å². The van der Waals surface area contributed by atoms with Gasteiger partial charge in [0.2, 0.25) is 5.88 Å². The van der Waals surface area contributed by atoms with Crippen molar-refractivity contribution in [1.29, 1.82) is 0 Å². The number of aromatic nitrogens is 3. The number of nitrogens with zero attached hydrogens (tertiary/aromatic N) is 2. The van der Waals surface area contributed by atoms with E-state index < -0.39 is 0 Å². The summed E-state index contributed by atoms with van der Waals surface area (Å²) in [6.45, 7) is 1.55. The maximum atomic E-state index is 11.1. The fourth-order valence-electron chi connectivity index (χ4n) is 1.51. The van der Waals surface area contributed by atoms with Gasteiger partial charge >= 0.3 is 0 Å². The number of nitrogens with one attached hydrogen (secondary N) is 2. The van der Waals surface area contributed by atoms with Gasteiger partial charge < -0.3 is 14.8 Å². The first kappa shape index (κ1) is 14.0. The first-order valence-electron chi connectivity index (χ1n) is 6.13. The van der Waals surface area contributed by atoms with Gasteiger partial charge in [-0.1, -0.05) is 6.07 Å². The third kappa shape index (κ3) is 4.36. The van der Waals surface area contributed by atoms with Crippen molar-refractivity contribution in [3.05, 3.63) is 46.5 Å².